The maximum absolute atomic E-state index is 11.1. The summed E-state index contributed by atoms with van der Waals surface area (Å²) in [6, 6.07) is -0.915. The van der Waals surface area contributed by atoms with Gasteiger partial charge in [0.05, 0.1) is 30.4 Å². The third kappa shape index (κ3) is 51.6. The van der Waals surface area contributed by atoms with E-state index in [-0.39, 0.29) is 36.7 Å². The largest absolute Gasteiger partial charge is 0.550 e. The van der Waals surface area contributed by atoms with Gasteiger partial charge in [0.25, 0.3) is 5.91 Å². The molecule has 0 aliphatic rings. The number of hydrogen-bond donors (Lipinski definition) is 7. The number of aliphatic hydroxyl groups excluding tert-OH is 4. The zero-order valence-electron chi connectivity index (χ0n) is 37.6. The van der Waals surface area contributed by atoms with Crippen LogP contribution in [0.25, 0.3) is 0 Å². The van der Waals surface area contributed by atoms with E-state index >= 15 is 0 Å². The Hall–Kier alpha value is -4.43. The number of carboxylic acid groups (broad SMARTS) is 2. The van der Waals surface area contributed by atoms with Crippen LogP contribution in [0.5, 0.6) is 0 Å². The number of unbranched alkanes of at least 4 members (excludes halogenated alkanes) is 2. The third-order valence-electron chi connectivity index (χ3n) is 8.37. The third-order valence-corrected chi connectivity index (χ3v) is 8.37. The Labute approximate surface area is 367 Å². The van der Waals surface area contributed by atoms with Crippen molar-refractivity contribution in [1.82, 2.24) is 5.32 Å². The lowest BCUT2D eigenvalue weighted by Gasteiger charge is -2.09. The maximum atomic E-state index is 11.1. The van der Waals surface area contributed by atoms with Crippen molar-refractivity contribution in [3.63, 3.8) is 0 Å². The van der Waals surface area contributed by atoms with Crippen LogP contribution in [-0.2, 0) is 14.4 Å². The minimum atomic E-state index is -1.12. The van der Waals surface area contributed by atoms with E-state index in [1.54, 1.807) is 31.2 Å². The number of rotatable bonds is 32. The van der Waals surface area contributed by atoms with Crippen molar-refractivity contribution in [3.8, 4) is 0 Å². The molecule has 0 aliphatic carbocycles. The highest BCUT2D eigenvalue weighted by molar-refractivity contribution is 5.79. The second-order valence-electron chi connectivity index (χ2n) is 14.3. The molecule has 12 heteroatoms. The van der Waals surface area contributed by atoms with Gasteiger partial charge in [-0.05, 0) is 84.0 Å². The summed E-state index contributed by atoms with van der Waals surface area (Å²) in [7, 11) is 0. The lowest BCUT2D eigenvalue weighted by Crippen LogP contribution is -2.68. The highest BCUT2D eigenvalue weighted by atomic mass is 16.4. The summed E-state index contributed by atoms with van der Waals surface area (Å²) in [5.41, 5.74) is 7.02. The van der Waals surface area contributed by atoms with Gasteiger partial charge >= 0.3 is 0 Å². The second kappa shape index (κ2) is 46.6. The van der Waals surface area contributed by atoms with Crippen LogP contribution in [0.2, 0.25) is 0 Å². The highest BCUT2D eigenvalue weighted by Crippen LogP contribution is 2.03. The maximum Gasteiger partial charge on any atom is 0.277 e. The summed E-state index contributed by atoms with van der Waals surface area (Å²) in [6.45, 7) is 8.29. The fraction of sp³-hybridized carbons (Fsp3) is 0.531. The van der Waals surface area contributed by atoms with Crippen LogP contribution in [0, 0.1) is 0 Å². The Balaban J connectivity index is -0.000000849. The van der Waals surface area contributed by atoms with Gasteiger partial charge in [0, 0.05) is 18.9 Å². The molecule has 12 nitrogen and oxygen atoms in total. The van der Waals surface area contributed by atoms with Crippen molar-refractivity contribution in [2.75, 3.05) is 6.54 Å². The first-order valence-electron chi connectivity index (χ1n) is 21.9. The monoisotopic (exact) mass is 856 g/mol. The van der Waals surface area contributed by atoms with E-state index in [1.165, 1.54) is 0 Å². The molecule has 346 valence electrons. The van der Waals surface area contributed by atoms with Crippen LogP contribution in [0.15, 0.2) is 122 Å². The van der Waals surface area contributed by atoms with Crippen molar-refractivity contribution < 1.29 is 56.5 Å². The number of aliphatic hydroxyl groups is 4. The summed E-state index contributed by atoms with van der Waals surface area (Å²) in [6.07, 6.45) is 47.7. The fourth-order valence-corrected chi connectivity index (χ4v) is 4.45. The van der Waals surface area contributed by atoms with E-state index in [2.05, 4.69) is 60.2 Å². The number of allylic oxidation sites excluding steroid dienone is 16. The van der Waals surface area contributed by atoms with E-state index in [0.29, 0.717) is 32.2 Å². The summed E-state index contributed by atoms with van der Waals surface area (Å²) in [4.78, 5) is 31.6. The van der Waals surface area contributed by atoms with E-state index < -0.39 is 24.1 Å². The Morgan fingerprint density at radius 1 is 0.541 bits per heavy atom. The van der Waals surface area contributed by atoms with Gasteiger partial charge in [-0.15, -0.1) is 0 Å². The standard InChI is InChI=1S/C20H30O4.C20H32O2.C9H19N3O3/c1-2-18(21)14-11-9-7-5-3-4-6-8-10-12-15-19(22)16-13-17-20(23)24;1-3-5-16-20(22)18-15-13-11-9-7-6-8-10-12-14-17-19(21)4-2;1-6(10)8(13)12-5-3-2-4-7(11)9(14)15/h3-4,7-12,14-15,18-19,21-22H,2,5-6,13,16-17H2,1H3,(H,23,24);6-7,10-15,17-22H,3-5,8-9,16H2,1-2H3;6-7H,2-5,10-11H2,1H3,(H,12,13)(H,14,15)/b4-3-,9-7-,10-8-,14-11+,15-12+;7-6-,12-10-,13-11-,17-14+,18-15+;/t18-,19-;19-,20+;6-,7-/m110/s1. The van der Waals surface area contributed by atoms with Gasteiger partial charge < -0.3 is 57.0 Å². The molecule has 0 rings (SSSR count). The van der Waals surface area contributed by atoms with Gasteiger partial charge in [-0.25, -0.2) is 0 Å². The Kier molecular flexibility index (Phi) is 46.5. The normalized spacial score (nSPS) is 15.4. The zero-order chi connectivity index (χ0) is 46.4. The second-order valence-corrected chi connectivity index (χ2v) is 14.3. The molecule has 6 atom stereocenters. The number of carbonyl (C=O) groups is 3. The molecule has 0 aromatic carbocycles. The molecule has 0 unspecified atom stereocenters. The first-order valence-corrected chi connectivity index (χ1v) is 21.9. The van der Waals surface area contributed by atoms with Crippen molar-refractivity contribution in [2.45, 2.75) is 161 Å². The molecule has 0 fully saturated rings. The minimum absolute atomic E-state index is 0.0189. The lowest BCUT2D eigenvalue weighted by atomic mass is 10.1. The SMILES string of the molecule is CCCC[C@H](O)/C=C/C=C\C/C=C\C/C=C\C=C\[C@H](O)CC.CC[C@@H](O)/C=C/C=C\C/C=C\C/C=C\C=C\[C@@H](O)CCCC(=O)[O-].C[C@H]([NH3+])C(=O)NCCCC[C@H]([NH3+])C(=O)[O-]. The highest BCUT2D eigenvalue weighted by Gasteiger charge is 2.10. The summed E-state index contributed by atoms with van der Waals surface area (Å²) in [5, 5.41) is 61.1. The molecule has 0 saturated heterocycles. The zero-order valence-corrected chi connectivity index (χ0v) is 37.6. The smallest absolute Gasteiger partial charge is 0.277 e. The molecule has 0 aromatic heterocycles. The van der Waals surface area contributed by atoms with E-state index in [0.717, 1.165) is 64.2 Å². The number of quaternary nitrogens is 2. The molecule has 0 radical (unpaired) electrons. The van der Waals surface area contributed by atoms with Crippen molar-refractivity contribution in [2.24, 2.45) is 0 Å². The van der Waals surface area contributed by atoms with Crippen LogP contribution < -0.4 is 27.0 Å². The average Bonchev–Trinajstić information content (AvgIpc) is 3.23. The number of amides is 1. The number of nitrogens with one attached hydrogen (secondary N) is 1. The van der Waals surface area contributed by atoms with Gasteiger partial charge in [0.2, 0.25) is 0 Å². The molecule has 0 heterocycles. The summed E-state index contributed by atoms with van der Waals surface area (Å²) >= 11 is 0. The first-order chi connectivity index (χ1) is 29.2. The number of aliphatic carboxylic acids is 2. The van der Waals surface area contributed by atoms with E-state index in [4.69, 9.17) is 0 Å². The van der Waals surface area contributed by atoms with Gasteiger partial charge in [0.15, 0.2) is 6.04 Å². The Morgan fingerprint density at radius 3 is 1.28 bits per heavy atom. The van der Waals surface area contributed by atoms with E-state index in [9.17, 15) is 45.0 Å². The molecule has 0 aromatic rings. The minimum Gasteiger partial charge on any atom is -0.550 e. The van der Waals surface area contributed by atoms with Crippen LogP contribution >= 0.6 is 0 Å². The number of carbonyl (C=O) groups excluding carboxylic acids is 3. The van der Waals surface area contributed by atoms with Crippen LogP contribution in [0.1, 0.15) is 124 Å². The molecular formula is C49H81N3O9. The van der Waals surface area contributed by atoms with E-state index in [1.807, 2.05) is 74.6 Å². The van der Waals surface area contributed by atoms with Crippen LogP contribution in [0.4, 0.5) is 0 Å². The summed E-state index contributed by atoms with van der Waals surface area (Å²) < 4.78 is 0. The van der Waals surface area contributed by atoms with Crippen molar-refractivity contribution in [3.05, 3.63) is 122 Å². The average molecular weight is 856 g/mol. The topological polar surface area (TPSA) is 246 Å². The first kappa shape index (κ1) is 60.9. The summed E-state index contributed by atoms with van der Waals surface area (Å²) in [5.74, 6) is -2.28. The lowest BCUT2D eigenvalue weighted by molar-refractivity contribution is -0.438. The predicted octanol–water partition coefficient (Wildman–Crippen LogP) is 3.73. The van der Waals surface area contributed by atoms with Crippen LogP contribution in [0.3, 0.4) is 0 Å². The van der Waals surface area contributed by atoms with Crippen LogP contribution in [-0.4, -0.2) is 81.3 Å². The Bertz CT molecular complexity index is 1380. The molecule has 0 bridgehead atoms. The molecule has 0 aliphatic heterocycles. The predicted molar refractivity (Wildman–Crippen MR) is 244 cm³/mol. The molecule has 61 heavy (non-hydrogen) atoms. The molecular weight excluding hydrogens is 775 g/mol. The molecule has 0 saturated carbocycles. The van der Waals surface area contributed by atoms with Gasteiger partial charge in [0.1, 0.15) is 6.04 Å². The molecule has 0 spiro atoms. The fourth-order valence-electron chi connectivity index (χ4n) is 4.45. The molecule has 1 amide bonds. The van der Waals surface area contributed by atoms with Gasteiger partial charge in [-0.2, -0.15) is 0 Å². The van der Waals surface area contributed by atoms with Crippen molar-refractivity contribution in [1.29, 1.82) is 0 Å². The van der Waals surface area contributed by atoms with Gasteiger partial charge in [-0.3, -0.25) is 4.79 Å². The number of carboxylic acids is 2. The quantitative estimate of drug-likeness (QED) is 0.0296. The Morgan fingerprint density at radius 2 is 0.934 bits per heavy atom. The molecule has 11 N–H and O–H groups in total. The van der Waals surface area contributed by atoms with Gasteiger partial charge in [-0.1, -0.05) is 155 Å². The van der Waals surface area contributed by atoms with Crippen molar-refractivity contribution >= 4 is 17.8 Å². The number of hydrogen-bond acceptors (Lipinski definition) is 9.